The van der Waals surface area contributed by atoms with Crippen LogP contribution in [-0.4, -0.2) is 10.1 Å². The molecule has 0 unspecified atom stereocenters. The molecule has 78 valence electrons. The summed E-state index contributed by atoms with van der Waals surface area (Å²) in [5.74, 6) is -0.251. The Bertz CT molecular complexity index is 507. The first-order valence-electron chi connectivity index (χ1n) is 4.14. The predicted octanol–water partition coefficient (Wildman–Crippen LogP) is 2.96. The largest absolute Gasteiger partial charge is 0.506 e. The van der Waals surface area contributed by atoms with Gasteiger partial charge >= 0.3 is 6.18 Å². The summed E-state index contributed by atoms with van der Waals surface area (Å²) >= 11 is 0. The molecule has 1 heterocycles. The van der Waals surface area contributed by atoms with E-state index in [0.29, 0.717) is 0 Å². The van der Waals surface area contributed by atoms with E-state index in [9.17, 15) is 18.3 Å². The van der Waals surface area contributed by atoms with Gasteiger partial charge in [-0.15, -0.1) is 0 Å². The summed E-state index contributed by atoms with van der Waals surface area (Å²) in [7, 11) is 0. The van der Waals surface area contributed by atoms with Crippen LogP contribution in [0.1, 0.15) is 5.56 Å². The Hall–Kier alpha value is -1.78. The fraction of sp³-hybridized carbons (Fsp3) is 0.100. The van der Waals surface area contributed by atoms with Crippen LogP contribution in [0, 0.1) is 0 Å². The van der Waals surface area contributed by atoms with Crippen LogP contribution in [0.25, 0.3) is 10.9 Å². The van der Waals surface area contributed by atoms with Gasteiger partial charge in [-0.25, -0.2) is 0 Å². The number of benzene rings is 1. The van der Waals surface area contributed by atoms with Gasteiger partial charge in [0.15, 0.2) is 0 Å². The van der Waals surface area contributed by atoms with Crippen LogP contribution in [0.2, 0.25) is 0 Å². The van der Waals surface area contributed by atoms with Crippen molar-refractivity contribution in [3.8, 4) is 5.75 Å². The smallest absolute Gasteiger partial charge is 0.417 e. The van der Waals surface area contributed by atoms with Gasteiger partial charge in [0, 0.05) is 11.6 Å². The van der Waals surface area contributed by atoms with Crippen molar-refractivity contribution in [3.05, 3.63) is 36.0 Å². The standard InChI is InChI=1S/C10H6F3NO/c11-10(12,13)7-3-4-8(15)9-6(7)2-1-5-14-9/h1-5,15H. The lowest BCUT2D eigenvalue weighted by Gasteiger charge is -2.10. The summed E-state index contributed by atoms with van der Waals surface area (Å²) in [4.78, 5) is 3.70. The Morgan fingerprint density at radius 1 is 1.13 bits per heavy atom. The summed E-state index contributed by atoms with van der Waals surface area (Å²) in [5, 5.41) is 9.24. The number of aromatic nitrogens is 1. The molecule has 2 rings (SSSR count). The molecule has 0 aliphatic carbocycles. The zero-order valence-electron chi connectivity index (χ0n) is 7.42. The number of alkyl halides is 3. The van der Waals surface area contributed by atoms with Crippen LogP contribution in [0.5, 0.6) is 5.75 Å². The molecule has 5 heteroatoms. The Morgan fingerprint density at radius 2 is 1.87 bits per heavy atom. The van der Waals surface area contributed by atoms with E-state index in [0.717, 1.165) is 12.1 Å². The summed E-state index contributed by atoms with van der Waals surface area (Å²) in [6, 6.07) is 4.53. The van der Waals surface area contributed by atoms with E-state index in [1.165, 1.54) is 18.3 Å². The second-order valence-corrected chi connectivity index (χ2v) is 3.03. The first kappa shape index (κ1) is 9.76. The third-order valence-corrected chi connectivity index (χ3v) is 2.05. The van der Waals surface area contributed by atoms with Gasteiger partial charge in [0.2, 0.25) is 0 Å². The highest BCUT2D eigenvalue weighted by atomic mass is 19.4. The highest BCUT2D eigenvalue weighted by Crippen LogP contribution is 2.36. The normalized spacial score (nSPS) is 11.9. The van der Waals surface area contributed by atoms with E-state index in [4.69, 9.17) is 0 Å². The van der Waals surface area contributed by atoms with E-state index < -0.39 is 11.7 Å². The first-order chi connectivity index (χ1) is 7.00. The molecule has 0 atom stereocenters. The Morgan fingerprint density at radius 3 is 2.53 bits per heavy atom. The van der Waals surface area contributed by atoms with Crippen molar-refractivity contribution < 1.29 is 18.3 Å². The molecule has 0 fully saturated rings. The van der Waals surface area contributed by atoms with Gasteiger partial charge < -0.3 is 5.11 Å². The first-order valence-corrected chi connectivity index (χ1v) is 4.14. The van der Waals surface area contributed by atoms with Crippen LogP contribution in [0.3, 0.4) is 0 Å². The number of halogens is 3. The Balaban J connectivity index is 2.84. The average Bonchev–Trinajstić information content (AvgIpc) is 2.17. The maximum absolute atomic E-state index is 12.5. The van der Waals surface area contributed by atoms with E-state index in [1.807, 2.05) is 0 Å². The highest BCUT2D eigenvalue weighted by Gasteiger charge is 2.32. The highest BCUT2D eigenvalue weighted by molar-refractivity contribution is 5.87. The maximum atomic E-state index is 12.5. The second-order valence-electron chi connectivity index (χ2n) is 3.03. The molecule has 2 aromatic rings. The molecule has 1 aromatic heterocycles. The van der Waals surface area contributed by atoms with Gasteiger partial charge in [-0.1, -0.05) is 6.07 Å². The summed E-state index contributed by atoms with van der Waals surface area (Å²) in [5.41, 5.74) is -0.823. The van der Waals surface area contributed by atoms with Crippen molar-refractivity contribution >= 4 is 10.9 Å². The number of pyridine rings is 1. The minimum atomic E-state index is -4.44. The fourth-order valence-electron chi connectivity index (χ4n) is 1.40. The SMILES string of the molecule is Oc1ccc(C(F)(F)F)c2cccnc12. The second kappa shape index (κ2) is 3.12. The topological polar surface area (TPSA) is 33.1 Å². The van der Waals surface area contributed by atoms with Gasteiger partial charge in [-0.2, -0.15) is 13.2 Å². The van der Waals surface area contributed by atoms with Crippen LogP contribution >= 0.6 is 0 Å². The van der Waals surface area contributed by atoms with Crippen molar-refractivity contribution in [2.24, 2.45) is 0 Å². The average molecular weight is 213 g/mol. The number of aromatic hydroxyl groups is 1. The monoisotopic (exact) mass is 213 g/mol. The molecule has 1 N–H and O–H groups in total. The lowest BCUT2D eigenvalue weighted by atomic mass is 10.1. The zero-order chi connectivity index (χ0) is 11.1. The molecule has 0 saturated carbocycles. The summed E-state index contributed by atoms with van der Waals surface area (Å²) in [6.07, 6.45) is -3.10. The lowest BCUT2D eigenvalue weighted by Crippen LogP contribution is -2.05. The van der Waals surface area contributed by atoms with Gasteiger partial charge in [0.1, 0.15) is 11.3 Å². The number of fused-ring (bicyclic) bond motifs is 1. The molecule has 0 spiro atoms. The van der Waals surface area contributed by atoms with Crippen molar-refractivity contribution in [2.45, 2.75) is 6.18 Å². The molecular formula is C10H6F3NO. The number of nitrogens with zero attached hydrogens (tertiary/aromatic N) is 1. The summed E-state index contributed by atoms with van der Waals surface area (Å²) < 4.78 is 37.6. The minimum Gasteiger partial charge on any atom is -0.506 e. The quantitative estimate of drug-likeness (QED) is 0.729. The Kier molecular flexibility index (Phi) is 2.03. The number of phenolic OH excluding ortho intramolecular Hbond substituents is 1. The molecule has 15 heavy (non-hydrogen) atoms. The van der Waals surface area contributed by atoms with Crippen molar-refractivity contribution in [2.75, 3.05) is 0 Å². The molecule has 0 saturated heterocycles. The predicted molar refractivity (Wildman–Crippen MR) is 48.4 cm³/mol. The molecule has 0 amide bonds. The fourth-order valence-corrected chi connectivity index (χ4v) is 1.40. The van der Waals surface area contributed by atoms with Crippen LogP contribution in [0.4, 0.5) is 13.2 Å². The number of phenols is 1. The van der Waals surface area contributed by atoms with Crippen molar-refractivity contribution in [1.82, 2.24) is 4.98 Å². The number of hydrogen-bond donors (Lipinski definition) is 1. The third kappa shape index (κ3) is 1.60. The van der Waals surface area contributed by atoms with Crippen LogP contribution in [0.15, 0.2) is 30.5 Å². The van der Waals surface area contributed by atoms with E-state index >= 15 is 0 Å². The van der Waals surface area contributed by atoms with Crippen molar-refractivity contribution in [3.63, 3.8) is 0 Å². The minimum absolute atomic E-state index is 0.0349. The Labute approximate surface area is 83.0 Å². The van der Waals surface area contributed by atoms with E-state index in [1.54, 1.807) is 0 Å². The molecular weight excluding hydrogens is 207 g/mol. The van der Waals surface area contributed by atoms with E-state index in [2.05, 4.69) is 4.98 Å². The van der Waals surface area contributed by atoms with Crippen LogP contribution < -0.4 is 0 Å². The van der Waals surface area contributed by atoms with Gasteiger partial charge in [0.25, 0.3) is 0 Å². The lowest BCUT2D eigenvalue weighted by molar-refractivity contribution is -0.136. The van der Waals surface area contributed by atoms with Crippen molar-refractivity contribution in [1.29, 1.82) is 0 Å². The molecule has 0 bridgehead atoms. The van der Waals surface area contributed by atoms with Gasteiger partial charge in [-0.05, 0) is 18.2 Å². The third-order valence-electron chi connectivity index (χ3n) is 2.05. The van der Waals surface area contributed by atoms with Gasteiger partial charge in [-0.3, -0.25) is 4.98 Å². The summed E-state index contributed by atoms with van der Waals surface area (Å²) in [6.45, 7) is 0. The number of rotatable bonds is 0. The molecule has 0 aliphatic rings. The van der Waals surface area contributed by atoms with Gasteiger partial charge in [0.05, 0.1) is 5.56 Å². The van der Waals surface area contributed by atoms with Crippen LogP contribution in [-0.2, 0) is 6.18 Å². The maximum Gasteiger partial charge on any atom is 0.417 e. The molecule has 0 aliphatic heterocycles. The number of hydrogen-bond acceptors (Lipinski definition) is 2. The zero-order valence-corrected chi connectivity index (χ0v) is 7.42. The molecule has 2 nitrogen and oxygen atoms in total. The molecule has 0 radical (unpaired) electrons. The van der Waals surface area contributed by atoms with E-state index in [-0.39, 0.29) is 16.7 Å². The molecule has 1 aromatic carbocycles.